The van der Waals surface area contributed by atoms with Crippen LogP contribution in [0.4, 0.5) is 34.1 Å². The highest BCUT2D eigenvalue weighted by atomic mass is 15.2. The van der Waals surface area contributed by atoms with E-state index >= 15 is 0 Å². The van der Waals surface area contributed by atoms with Gasteiger partial charge in [-0.3, -0.25) is 0 Å². The maximum atomic E-state index is 2.62. The maximum Gasteiger partial charge on any atom is 0.0544 e. The van der Waals surface area contributed by atoms with Crippen LogP contribution in [0, 0.1) is 0 Å². The van der Waals surface area contributed by atoms with Crippen LogP contribution in [-0.4, -0.2) is 0 Å². The molecule has 2 heteroatoms. The van der Waals surface area contributed by atoms with E-state index in [9.17, 15) is 0 Å². The fourth-order valence-electron chi connectivity index (χ4n) is 14.4. The van der Waals surface area contributed by atoms with Crippen LogP contribution in [0.25, 0.3) is 66.8 Å². The van der Waals surface area contributed by atoms with E-state index in [-0.39, 0.29) is 21.7 Å². The molecular formula is C78H64N2. The molecule has 0 aromatic heterocycles. The fourth-order valence-corrected chi connectivity index (χ4v) is 14.4. The second kappa shape index (κ2) is 17.3. The predicted molar refractivity (Wildman–Crippen MR) is 337 cm³/mol. The van der Waals surface area contributed by atoms with Gasteiger partial charge in [-0.25, -0.2) is 0 Å². The van der Waals surface area contributed by atoms with Crippen LogP contribution in [0.5, 0.6) is 0 Å². The molecule has 2 nitrogen and oxygen atoms in total. The minimum atomic E-state index is -0.285. The molecular weight excluding hydrogens is 965 g/mol. The van der Waals surface area contributed by atoms with Gasteiger partial charge in [0.2, 0.25) is 0 Å². The first-order chi connectivity index (χ1) is 38.7. The molecule has 0 N–H and O–H groups in total. The van der Waals surface area contributed by atoms with Crippen molar-refractivity contribution >= 4 is 34.1 Å². The van der Waals surface area contributed by atoms with E-state index in [2.05, 4.69) is 308 Å². The quantitative estimate of drug-likeness (QED) is 0.164. The summed E-state index contributed by atoms with van der Waals surface area (Å²) in [6.07, 6.45) is 0. The van der Waals surface area contributed by atoms with Gasteiger partial charge in [0.25, 0.3) is 0 Å². The van der Waals surface area contributed by atoms with E-state index < -0.39 is 0 Å². The van der Waals surface area contributed by atoms with E-state index in [1.807, 2.05) is 0 Å². The lowest BCUT2D eigenvalue weighted by Gasteiger charge is -2.50. The van der Waals surface area contributed by atoms with E-state index in [0.29, 0.717) is 0 Å². The zero-order chi connectivity index (χ0) is 54.5. The van der Waals surface area contributed by atoms with Gasteiger partial charge in [-0.2, -0.15) is 0 Å². The number of hydrogen-bond donors (Lipinski definition) is 0. The lowest BCUT2D eigenvalue weighted by atomic mass is 9.65. The summed E-state index contributed by atoms with van der Waals surface area (Å²) < 4.78 is 0. The first-order valence-corrected chi connectivity index (χ1v) is 28.6. The summed E-state index contributed by atoms with van der Waals surface area (Å²) in [6, 6.07) is 91.6. The lowest BCUT2D eigenvalue weighted by molar-refractivity contribution is 0.597. The number of anilines is 6. The van der Waals surface area contributed by atoms with Crippen LogP contribution in [0.15, 0.2) is 243 Å². The van der Waals surface area contributed by atoms with E-state index in [4.69, 9.17) is 0 Å². The molecule has 80 heavy (non-hydrogen) atoms. The molecule has 11 aromatic rings. The maximum absolute atomic E-state index is 2.62. The summed E-state index contributed by atoms with van der Waals surface area (Å²) in [6.45, 7) is 19.5. The van der Waals surface area contributed by atoms with Crippen molar-refractivity contribution in [2.45, 2.75) is 77.0 Å². The van der Waals surface area contributed by atoms with Crippen molar-refractivity contribution in [3.63, 3.8) is 0 Å². The summed E-state index contributed by atoms with van der Waals surface area (Å²) in [4.78, 5) is 5.23. The van der Waals surface area contributed by atoms with Gasteiger partial charge in [0.05, 0.1) is 34.1 Å². The van der Waals surface area contributed by atoms with E-state index in [0.717, 1.165) is 0 Å². The lowest BCUT2D eigenvalue weighted by Crippen LogP contribution is -2.38. The molecule has 0 aliphatic carbocycles. The minimum Gasteiger partial charge on any atom is -0.309 e. The molecule has 386 valence electrons. The Hall–Kier alpha value is -8.98. The summed E-state index contributed by atoms with van der Waals surface area (Å²) in [7, 11) is 0. The Balaban J connectivity index is 0.875. The standard InChI is InChI=1S/C78H64N2/c1-75(2)61-37-33-55(49-21-13-9-14-22-49)45-69(61)79-70-46-56(50-23-15-10-16-24-50)34-38-62(70)76(3,4)66-42-59(41-65(75)73(66)79)53-29-31-54(32-30-53)60-43-67-74-68(44-60)78(7,8)64-40-36-58(52-27-19-12-20-28-52)48-72(64)80(74)71-47-57(51-25-17-11-18-26-51)35-39-63(71)77(67,5)6/h9-48H,1-8H3. The number of benzene rings is 11. The van der Waals surface area contributed by atoms with Crippen molar-refractivity contribution in [2.75, 3.05) is 9.80 Å². The topological polar surface area (TPSA) is 6.48 Å². The Morgan fingerprint density at radius 1 is 0.188 bits per heavy atom. The summed E-state index contributed by atoms with van der Waals surface area (Å²) >= 11 is 0. The summed E-state index contributed by atoms with van der Waals surface area (Å²) in [5.41, 5.74) is 32.0. The van der Waals surface area contributed by atoms with Crippen LogP contribution in [-0.2, 0) is 21.7 Å². The molecule has 0 saturated heterocycles. The largest absolute Gasteiger partial charge is 0.309 e. The number of fused-ring (bicyclic) bond motifs is 8. The normalized spacial score (nSPS) is 15.8. The smallest absolute Gasteiger partial charge is 0.0544 e. The highest BCUT2D eigenvalue weighted by molar-refractivity contribution is 5.99. The van der Waals surface area contributed by atoms with Crippen LogP contribution in [0.1, 0.15) is 99.9 Å². The molecule has 0 bridgehead atoms. The van der Waals surface area contributed by atoms with Gasteiger partial charge in [-0.05, 0) is 160 Å². The Morgan fingerprint density at radius 3 is 0.613 bits per heavy atom. The summed E-state index contributed by atoms with van der Waals surface area (Å²) in [5.74, 6) is 0. The molecule has 11 aromatic carbocycles. The molecule has 0 saturated carbocycles. The van der Waals surface area contributed by atoms with Crippen molar-refractivity contribution < 1.29 is 0 Å². The zero-order valence-electron chi connectivity index (χ0n) is 47.0. The van der Waals surface area contributed by atoms with Crippen molar-refractivity contribution in [1.82, 2.24) is 0 Å². The van der Waals surface area contributed by atoms with Crippen LogP contribution in [0.3, 0.4) is 0 Å². The highest BCUT2D eigenvalue weighted by Gasteiger charge is 2.48. The Labute approximate surface area is 472 Å². The molecule has 0 amide bonds. The van der Waals surface area contributed by atoms with Gasteiger partial charge in [0.1, 0.15) is 0 Å². The van der Waals surface area contributed by atoms with Crippen LogP contribution in [0.2, 0.25) is 0 Å². The van der Waals surface area contributed by atoms with E-state index in [1.165, 1.54) is 145 Å². The van der Waals surface area contributed by atoms with E-state index in [1.54, 1.807) is 0 Å². The number of nitrogens with zero attached hydrogens (tertiary/aromatic N) is 2. The molecule has 4 aliphatic heterocycles. The molecule has 15 rings (SSSR count). The number of rotatable bonds is 6. The Bertz CT molecular complexity index is 3790. The van der Waals surface area contributed by atoms with Gasteiger partial charge < -0.3 is 9.80 Å². The highest BCUT2D eigenvalue weighted by Crippen LogP contribution is 2.64. The van der Waals surface area contributed by atoms with Crippen molar-refractivity contribution in [2.24, 2.45) is 0 Å². The van der Waals surface area contributed by atoms with Gasteiger partial charge in [-0.15, -0.1) is 0 Å². The molecule has 0 unspecified atom stereocenters. The molecule has 0 fully saturated rings. The van der Waals surface area contributed by atoms with Crippen LogP contribution < -0.4 is 9.80 Å². The average Bonchev–Trinajstić information content (AvgIpc) is 3.42. The minimum absolute atomic E-state index is 0.285. The average molecular weight is 1030 g/mol. The van der Waals surface area contributed by atoms with Crippen molar-refractivity contribution in [3.05, 3.63) is 287 Å². The second-order valence-electron chi connectivity index (χ2n) is 25.0. The number of hydrogen-bond acceptors (Lipinski definition) is 2. The third-order valence-corrected chi connectivity index (χ3v) is 19.0. The second-order valence-corrected chi connectivity index (χ2v) is 25.0. The Morgan fingerprint density at radius 2 is 0.388 bits per heavy atom. The first kappa shape index (κ1) is 48.2. The summed E-state index contributed by atoms with van der Waals surface area (Å²) in [5, 5.41) is 0. The van der Waals surface area contributed by atoms with Crippen molar-refractivity contribution in [3.8, 4) is 66.8 Å². The molecule has 4 aliphatic rings. The van der Waals surface area contributed by atoms with Gasteiger partial charge in [-0.1, -0.05) is 250 Å². The third-order valence-electron chi connectivity index (χ3n) is 19.0. The SMILES string of the molecule is CC1(C)c2ccc(-c3ccccc3)cc2N2c3cc(-c4ccccc4)ccc3C(C)(C)c3cc(-c4ccc(-c5cc6c7c(c5)C(C)(C)c5ccc(-c8ccccc8)cc5N7c5cc(-c7ccccc7)ccc5C6(C)C)cc4)cc1c32. The molecule has 4 heterocycles. The van der Waals surface area contributed by atoms with Crippen molar-refractivity contribution in [1.29, 1.82) is 0 Å². The van der Waals surface area contributed by atoms with Gasteiger partial charge in [0.15, 0.2) is 0 Å². The molecule has 0 radical (unpaired) electrons. The molecule has 0 spiro atoms. The molecule has 0 atom stereocenters. The first-order valence-electron chi connectivity index (χ1n) is 28.6. The zero-order valence-corrected chi connectivity index (χ0v) is 47.0. The predicted octanol–water partition coefficient (Wildman–Crippen LogP) is 21.2. The van der Waals surface area contributed by atoms with Gasteiger partial charge >= 0.3 is 0 Å². The third kappa shape index (κ3) is 7.04. The fraction of sp³-hybridized carbons (Fsp3) is 0.154. The Kier molecular flexibility index (Phi) is 10.4. The monoisotopic (exact) mass is 1030 g/mol. The van der Waals surface area contributed by atoms with Crippen LogP contribution >= 0.6 is 0 Å². The van der Waals surface area contributed by atoms with Gasteiger partial charge in [0, 0.05) is 21.7 Å².